The Balaban J connectivity index is 2.20. The quantitative estimate of drug-likeness (QED) is 0.738. The molecule has 5 nitrogen and oxygen atoms in total. The van der Waals surface area contributed by atoms with Gasteiger partial charge in [0.15, 0.2) is 0 Å². The third-order valence-electron chi connectivity index (χ3n) is 2.69. The number of carbonyl (C=O) groups is 2. The van der Waals surface area contributed by atoms with Gasteiger partial charge in [-0.1, -0.05) is 43.7 Å². The Morgan fingerprint density at radius 1 is 1.05 bits per heavy atom. The molecule has 1 aromatic rings. The third-order valence-corrected chi connectivity index (χ3v) is 2.69. The first-order valence-electron chi connectivity index (χ1n) is 6.81. The van der Waals surface area contributed by atoms with Crippen LogP contribution in [0.1, 0.15) is 25.0 Å². The molecule has 0 bridgehead atoms. The monoisotopic (exact) mass is 277 g/mol. The Hall–Kier alpha value is -2.04. The highest BCUT2D eigenvalue weighted by molar-refractivity contribution is 5.83. The van der Waals surface area contributed by atoms with Gasteiger partial charge < -0.3 is 16.0 Å². The molecule has 0 fully saturated rings. The summed E-state index contributed by atoms with van der Waals surface area (Å²) in [5, 5.41) is 7.97. The number of hydrogen-bond donors (Lipinski definition) is 3. The number of aryl methyl sites for hydroxylation is 1. The third kappa shape index (κ3) is 6.78. The Labute approximate surface area is 120 Å². The van der Waals surface area contributed by atoms with Crippen molar-refractivity contribution in [3.63, 3.8) is 0 Å². The zero-order valence-electron chi connectivity index (χ0n) is 12.3. The van der Waals surface area contributed by atoms with E-state index in [9.17, 15) is 9.59 Å². The average molecular weight is 277 g/mol. The van der Waals surface area contributed by atoms with Crippen molar-refractivity contribution in [3.05, 3.63) is 35.4 Å². The molecule has 3 N–H and O–H groups in total. The minimum Gasteiger partial charge on any atom is -0.354 e. The average Bonchev–Trinajstić information content (AvgIpc) is 2.42. The molecule has 0 aliphatic carbocycles. The van der Waals surface area contributed by atoms with Crippen molar-refractivity contribution in [2.24, 2.45) is 5.92 Å². The number of carbonyl (C=O) groups excluding carboxylic acids is 2. The number of rotatable bonds is 6. The van der Waals surface area contributed by atoms with Crippen molar-refractivity contribution in [2.45, 2.75) is 27.3 Å². The fourth-order valence-electron chi connectivity index (χ4n) is 1.49. The van der Waals surface area contributed by atoms with Crippen LogP contribution in [0.4, 0.5) is 4.79 Å². The highest BCUT2D eigenvalue weighted by atomic mass is 16.2. The molecule has 110 valence electrons. The summed E-state index contributed by atoms with van der Waals surface area (Å²) in [7, 11) is 0. The van der Waals surface area contributed by atoms with Crippen LogP contribution < -0.4 is 16.0 Å². The normalized spacial score (nSPS) is 10.2. The van der Waals surface area contributed by atoms with E-state index in [0.717, 1.165) is 5.56 Å². The standard InChI is InChI=1S/C15H23N3O2/c1-11(2)8-16-14(19)10-18-15(20)17-9-13-6-4-12(3)5-7-13/h4-7,11H,8-10H2,1-3H3,(H,16,19)(H2,17,18,20). The molecule has 5 heteroatoms. The number of nitrogens with one attached hydrogen (secondary N) is 3. The highest BCUT2D eigenvalue weighted by Gasteiger charge is 2.05. The maximum Gasteiger partial charge on any atom is 0.315 e. The highest BCUT2D eigenvalue weighted by Crippen LogP contribution is 2.02. The number of hydrogen-bond acceptors (Lipinski definition) is 2. The summed E-state index contributed by atoms with van der Waals surface area (Å²) in [5.74, 6) is 0.221. The number of urea groups is 1. The summed E-state index contributed by atoms with van der Waals surface area (Å²) >= 11 is 0. The van der Waals surface area contributed by atoms with E-state index < -0.39 is 0 Å². The Bertz CT molecular complexity index is 441. The summed E-state index contributed by atoms with van der Waals surface area (Å²) in [5.41, 5.74) is 2.20. The van der Waals surface area contributed by atoms with E-state index in [-0.39, 0.29) is 18.5 Å². The second-order valence-electron chi connectivity index (χ2n) is 5.22. The predicted molar refractivity (Wildman–Crippen MR) is 79.3 cm³/mol. The Morgan fingerprint density at radius 3 is 2.30 bits per heavy atom. The second-order valence-corrected chi connectivity index (χ2v) is 5.22. The molecule has 0 heterocycles. The Kier molecular flexibility index (Phi) is 6.56. The molecule has 0 saturated heterocycles. The van der Waals surface area contributed by atoms with E-state index in [1.807, 2.05) is 45.0 Å². The summed E-state index contributed by atoms with van der Waals surface area (Å²) < 4.78 is 0. The van der Waals surface area contributed by atoms with Gasteiger partial charge in [0.25, 0.3) is 0 Å². The van der Waals surface area contributed by atoms with Crippen molar-refractivity contribution >= 4 is 11.9 Å². The van der Waals surface area contributed by atoms with Gasteiger partial charge in [-0.05, 0) is 18.4 Å². The van der Waals surface area contributed by atoms with Crippen LogP contribution in [0.2, 0.25) is 0 Å². The van der Waals surface area contributed by atoms with Crippen LogP contribution >= 0.6 is 0 Å². The van der Waals surface area contributed by atoms with Crippen molar-refractivity contribution < 1.29 is 9.59 Å². The molecule has 0 aliphatic rings. The largest absolute Gasteiger partial charge is 0.354 e. The topological polar surface area (TPSA) is 70.2 Å². The van der Waals surface area contributed by atoms with Gasteiger partial charge in [0.2, 0.25) is 5.91 Å². The fraction of sp³-hybridized carbons (Fsp3) is 0.467. The van der Waals surface area contributed by atoms with Crippen molar-refractivity contribution in [3.8, 4) is 0 Å². The lowest BCUT2D eigenvalue weighted by Gasteiger charge is -2.09. The summed E-state index contributed by atoms with van der Waals surface area (Å²) in [6, 6.07) is 7.57. The molecule has 0 radical (unpaired) electrons. The van der Waals surface area contributed by atoms with E-state index in [2.05, 4.69) is 16.0 Å². The van der Waals surface area contributed by atoms with Crippen molar-refractivity contribution in [1.29, 1.82) is 0 Å². The van der Waals surface area contributed by atoms with Gasteiger partial charge in [-0.15, -0.1) is 0 Å². The lowest BCUT2D eigenvalue weighted by molar-refractivity contribution is -0.120. The predicted octanol–water partition coefficient (Wildman–Crippen LogP) is 1.57. The lowest BCUT2D eigenvalue weighted by Crippen LogP contribution is -2.42. The fourth-order valence-corrected chi connectivity index (χ4v) is 1.49. The van der Waals surface area contributed by atoms with Crippen LogP contribution in [0.3, 0.4) is 0 Å². The molecular formula is C15H23N3O2. The van der Waals surface area contributed by atoms with E-state index >= 15 is 0 Å². The molecule has 0 spiro atoms. The van der Waals surface area contributed by atoms with Gasteiger partial charge >= 0.3 is 6.03 Å². The summed E-state index contributed by atoms with van der Waals surface area (Å²) in [4.78, 5) is 22.9. The number of amides is 3. The van der Waals surface area contributed by atoms with E-state index in [0.29, 0.717) is 19.0 Å². The second kappa shape index (κ2) is 8.19. The van der Waals surface area contributed by atoms with Gasteiger partial charge in [-0.25, -0.2) is 4.79 Å². The molecule has 0 aromatic heterocycles. The molecule has 20 heavy (non-hydrogen) atoms. The first-order chi connectivity index (χ1) is 9.47. The molecular weight excluding hydrogens is 254 g/mol. The molecule has 1 aromatic carbocycles. The maximum absolute atomic E-state index is 11.5. The maximum atomic E-state index is 11.5. The zero-order chi connectivity index (χ0) is 15.0. The minimum absolute atomic E-state index is 0.00749. The van der Waals surface area contributed by atoms with Gasteiger partial charge in [0, 0.05) is 13.1 Å². The van der Waals surface area contributed by atoms with Crippen LogP contribution in [0.15, 0.2) is 24.3 Å². The molecule has 3 amide bonds. The summed E-state index contributed by atoms with van der Waals surface area (Å²) in [6.45, 7) is 7.10. The lowest BCUT2D eigenvalue weighted by atomic mass is 10.1. The SMILES string of the molecule is Cc1ccc(CNC(=O)NCC(=O)NCC(C)C)cc1. The van der Waals surface area contributed by atoms with Crippen LogP contribution in [0, 0.1) is 12.8 Å². The van der Waals surface area contributed by atoms with E-state index in [4.69, 9.17) is 0 Å². The van der Waals surface area contributed by atoms with Gasteiger partial charge in [-0.2, -0.15) is 0 Å². The van der Waals surface area contributed by atoms with Crippen LogP contribution in [-0.2, 0) is 11.3 Å². The van der Waals surface area contributed by atoms with Crippen LogP contribution in [-0.4, -0.2) is 25.0 Å². The first-order valence-corrected chi connectivity index (χ1v) is 6.81. The smallest absolute Gasteiger partial charge is 0.315 e. The molecule has 0 atom stereocenters. The zero-order valence-corrected chi connectivity index (χ0v) is 12.3. The van der Waals surface area contributed by atoms with Gasteiger partial charge in [0.05, 0.1) is 6.54 Å². The van der Waals surface area contributed by atoms with Crippen molar-refractivity contribution in [2.75, 3.05) is 13.1 Å². The Morgan fingerprint density at radius 2 is 1.70 bits per heavy atom. The van der Waals surface area contributed by atoms with Crippen LogP contribution in [0.25, 0.3) is 0 Å². The van der Waals surface area contributed by atoms with E-state index in [1.54, 1.807) is 0 Å². The minimum atomic E-state index is -0.342. The number of benzene rings is 1. The molecule has 1 rings (SSSR count). The van der Waals surface area contributed by atoms with Gasteiger partial charge in [0.1, 0.15) is 0 Å². The molecule has 0 aliphatic heterocycles. The first kappa shape index (κ1) is 16.0. The molecule has 0 unspecified atom stereocenters. The summed E-state index contributed by atoms with van der Waals surface area (Å²) in [6.07, 6.45) is 0. The van der Waals surface area contributed by atoms with Gasteiger partial charge in [-0.3, -0.25) is 4.79 Å². The van der Waals surface area contributed by atoms with E-state index in [1.165, 1.54) is 5.56 Å². The van der Waals surface area contributed by atoms with Crippen molar-refractivity contribution in [1.82, 2.24) is 16.0 Å². The molecule has 0 saturated carbocycles. The van der Waals surface area contributed by atoms with Crippen LogP contribution in [0.5, 0.6) is 0 Å².